The van der Waals surface area contributed by atoms with Crippen LogP contribution < -0.4 is 5.32 Å². The number of guanidine groups is 1. The maximum absolute atomic E-state index is 10.8. The zero-order valence-corrected chi connectivity index (χ0v) is 17.4. The van der Waals surface area contributed by atoms with Crippen molar-refractivity contribution in [1.82, 2.24) is 15.1 Å². The van der Waals surface area contributed by atoms with Gasteiger partial charge in [-0.15, -0.1) is 0 Å². The highest BCUT2D eigenvalue weighted by molar-refractivity contribution is 5.80. The van der Waals surface area contributed by atoms with Crippen molar-refractivity contribution in [3.05, 3.63) is 39.9 Å². The van der Waals surface area contributed by atoms with E-state index in [1.807, 2.05) is 0 Å². The fourth-order valence-electron chi connectivity index (χ4n) is 3.70. The highest BCUT2D eigenvalue weighted by Gasteiger charge is 2.19. The van der Waals surface area contributed by atoms with Crippen molar-refractivity contribution in [1.29, 1.82) is 0 Å². The molecule has 2 aliphatic rings. The van der Waals surface area contributed by atoms with Crippen LogP contribution in [0.1, 0.15) is 31.7 Å². The Morgan fingerprint density at radius 3 is 2.55 bits per heavy atom. The quantitative estimate of drug-likeness (QED) is 0.248. The zero-order valence-electron chi connectivity index (χ0n) is 17.4. The predicted molar refractivity (Wildman–Crippen MR) is 114 cm³/mol. The van der Waals surface area contributed by atoms with Crippen LogP contribution in [0.5, 0.6) is 0 Å². The Bertz CT molecular complexity index is 665. The number of nitrogens with one attached hydrogen (secondary N) is 1. The van der Waals surface area contributed by atoms with Gasteiger partial charge in [-0.1, -0.05) is 19.1 Å². The number of morpholine rings is 1. The van der Waals surface area contributed by atoms with Gasteiger partial charge >= 0.3 is 0 Å². The van der Waals surface area contributed by atoms with Gasteiger partial charge in [-0.2, -0.15) is 0 Å². The molecule has 2 saturated heterocycles. The Morgan fingerprint density at radius 1 is 1.21 bits per heavy atom. The summed E-state index contributed by atoms with van der Waals surface area (Å²) in [5.74, 6) is 1.72. The lowest BCUT2D eigenvalue weighted by molar-refractivity contribution is -0.384. The van der Waals surface area contributed by atoms with Crippen molar-refractivity contribution in [2.45, 2.75) is 32.7 Å². The van der Waals surface area contributed by atoms with E-state index in [1.54, 1.807) is 24.3 Å². The van der Waals surface area contributed by atoms with Gasteiger partial charge in [-0.05, 0) is 37.3 Å². The van der Waals surface area contributed by atoms with Gasteiger partial charge in [0.15, 0.2) is 5.96 Å². The molecule has 0 saturated carbocycles. The number of piperidine rings is 1. The first-order chi connectivity index (χ1) is 14.1. The van der Waals surface area contributed by atoms with Crippen LogP contribution in [-0.2, 0) is 11.3 Å². The molecule has 2 fully saturated rings. The van der Waals surface area contributed by atoms with Crippen LogP contribution in [0.4, 0.5) is 5.69 Å². The fourth-order valence-corrected chi connectivity index (χ4v) is 3.70. The van der Waals surface area contributed by atoms with Gasteiger partial charge in [0.1, 0.15) is 0 Å². The summed E-state index contributed by atoms with van der Waals surface area (Å²) >= 11 is 0. The van der Waals surface area contributed by atoms with Crippen molar-refractivity contribution < 1.29 is 9.66 Å². The number of likely N-dealkylation sites (tertiary alicyclic amines) is 1. The van der Waals surface area contributed by atoms with Crippen LogP contribution in [0.2, 0.25) is 0 Å². The second kappa shape index (κ2) is 11.1. The third-order valence-corrected chi connectivity index (χ3v) is 5.68. The second-order valence-electron chi connectivity index (χ2n) is 7.97. The van der Waals surface area contributed by atoms with Crippen molar-refractivity contribution in [3.63, 3.8) is 0 Å². The third kappa shape index (κ3) is 6.97. The van der Waals surface area contributed by atoms with E-state index < -0.39 is 0 Å². The van der Waals surface area contributed by atoms with Crippen molar-refractivity contribution in [2.24, 2.45) is 10.9 Å². The molecular formula is C21H33N5O3. The SMILES string of the molecule is CC1CCN(C(=NCc2ccc([N+](=O)[O-])cc2)NCCCN2CCOCC2)CC1. The predicted octanol–water partition coefficient (Wildman–Crippen LogP) is 2.49. The van der Waals surface area contributed by atoms with E-state index in [1.165, 1.54) is 12.8 Å². The number of benzene rings is 1. The Kier molecular flexibility index (Phi) is 8.25. The number of nitrogens with zero attached hydrogens (tertiary/aromatic N) is 4. The van der Waals surface area contributed by atoms with Gasteiger partial charge in [0.05, 0.1) is 24.7 Å². The Labute approximate surface area is 173 Å². The summed E-state index contributed by atoms with van der Waals surface area (Å²) in [6, 6.07) is 6.66. The summed E-state index contributed by atoms with van der Waals surface area (Å²) in [6.45, 7) is 10.6. The van der Waals surface area contributed by atoms with Crippen molar-refractivity contribution >= 4 is 11.6 Å². The van der Waals surface area contributed by atoms with Crippen LogP contribution in [0.25, 0.3) is 0 Å². The fraction of sp³-hybridized carbons (Fsp3) is 0.667. The molecule has 29 heavy (non-hydrogen) atoms. The lowest BCUT2D eigenvalue weighted by atomic mass is 9.99. The van der Waals surface area contributed by atoms with Gasteiger partial charge in [-0.25, -0.2) is 4.99 Å². The number of hydrogen-bond donors (Lipinski definition) is 1. The molecule has 0 spiro atoms. The molecule has 1 aromatic rings. The van der Waals surface area contributed by atoms with Gasteiger partial charge < -0.3 is 15.0 Å². The molecule has 0 bridgehead atoms. The van der Waals surface area contributed by atoms with E-state index in [0.717, 1.165) is 76.3 Å². The molecule has 0 radical (unpaired) electrons. The molecule has 0 unspecified atom stereocenters. The number of hydrogen-bond acceptors (Lipinski definition) is 5. The van der Waals surface area contributed by atoms with Crippen LogP contribution >= 0.6 is 0 Å². The summed E-state index contributed by atoms with van der Waals surface area (Å²) in [5, 5.41) is 14.4. The van der Waals surface area contributed by atoms with Crippen LogP contribution in [-0.4, -0.2) is 73.2 Å². The topological polar surface area (TPSA) is 83.2 Å². The standard InChI is InChI=1S/C21H33N5O3/c1-18-7-11-25(12-8-18)21(22-9-2-10-24-13-15-29-16-14-24)23-17-19-3-5-20(6-4-19)26(27)28/h3-6,18H,2,7-17H2,1H3,(H,22,23). The molecule has 2 heterocycles. The Morgan fingerprint density at radius 2 is 1.90 bits per heavy atom. The molecular weight excluding hydrogens is 370 g/mol. The molecule has 3 rings (SSSR count). The van der Waals surface area contributed by atoms with Gasteiger partial charge in [-0.3, -0.25) is 15.0 Å². The number of nitro benzene ring substituents is 1. The van der Waals surface area contributed by atoms with Gasteiger partial charge in [0.2, 0.25) is 0 Å². The maximum atomic E-state index is 10.8. The minimum Gasteiger partial charge on any atom is -0.379 e. The summed E-state index contributed by atoms with van der Waals surface area (Å²) < 4.78 is 5.41. The maximum Gasteiger partial charge on any atom is 0.269 e. The monoisotopic (exact) mass is 403 g/mol. The molecule has 8 heteroatoms. The third-order valence-electron chi connectivity index (χ3n) is 5.68. The number of aliphatic imine (C=N–C) groups is 1. The Balaban J connectivity index is 1.54. The lowest BCUT2D eigenvalue weighted by Gasteiger charge is -2.33. The van der Waals surface area contributed by atoms with E-state index in [4.69, 9.17) is 9.73 Å². The Hall–Kier alpha value is -2.19. The van der Waals surface area contributed by atoms with E-state index in [2.05, 4.69) is 22.0 Å². The number of rotatable bonds is 7. The molecule has 0 aromatic heterocycles. The average Bonchev–Trinajstić information content (AvgIpc) is 2.75. The van der Waals surface area contributed by atoms with E-state index >= 15 is 0 Å². The number of non-ortho nitro benzene ring substituents is 1. The number of ether oxygens (including phenoxy) is 1. The minimum atomic E-state index is -0.372. The molecule has 0 aliphatic carbocycles. The van der Waals surface area contributed by atoms with E-state index in [-0.39, 0.29) is 10.6 Å². The summed E-state index contributed by atoms with van der Waals surface area (Å²) in [7, 11) is 0. The summed E-state index contributed by atoms with van der Waals surface area (Å²) in [6.07, 6.45) is 3.44. The van der Waals surface area contributed by atoms with Crippen LogP contribution in [0.15, 0.2) is 29.3 Å². The highest BCUT2D eigenvalue weighted by atomic mass is 16.6. The van der Waals surface area contributed by atoms with Crippen LogP contribution in [0.3, 0.4) is 0 Å². The molecule has 0 amide bonds. The molecule has 1 N–H and O–H groups in total. The molecule has 160 valence electrons. The first kappa shape index (κ1) is 21.5. The molecule has 2 aliphatic heterocycles. The zero-order chi connectivity index (χ0) is 20.5. The minimum absolute atomic E-state index is 0.115. The second-order valence-corrected chi connectivity index (χ2v) is 7.97. The first-order valence-electron chi connectivity index (χ1n) is 10.7. The van der Waals surface area contributed by atoms with Crippen molar-refractivity contribution in [3.8, 4) is 0 Å². The molecule has 8 nitrogen and oxygen atoms in total. The van der Waals surface area contributed by atoms with Gasteiger partial charge in [0, 0.05) is 44.9 Å². The smallest absolute Gasteiger partial charge is 0.269 e. The normalized spacial score (nSPS) is 19.3. The van der Waals surface area contributed by atoms with Crippen LogP contribution in [0, 0.1) is 16.0 Å². The summed E-state index contributed by atoms with van der Waals surface area (Å²) in [5.41, 5.74) is 1.10. The van der Waals surface area contributed by atoms with Gasteiger partial charge in [0.25, 0.3) is 5.69 Å². The van der Waals surface area contributed by atoms with Crippen molar-refractivity contribution in [2.75, 3.05) is 52.5 Å². The van der Waals surface area contributed by atoms with E-state index in [9.17, 15) is 10.1 Å². The summed E-state index contributed by atoms with van der Waals surface area (Å²) in [4.78, 5) is 20.1. The largest absolute Gasteiger partial charge is 0.379 e. The first-order valence-corrected chi connectivity index (χ1v) is 10.7. The number of nitro groups is 1. The average molecular weight is 404 g/mol. The molecule has 0 atom stereocenters. The lowest BCUT2D eigenvalue weighted by Crippen LogP contribution is -2.46. The highest BCUT2D eigenvalue weighted by Crippen LogP contribution is 2.17. The van der Waals surface area contributed by atoms with E-state index in [0.29, 0.717) is 6.54 Å². The molecule has 1 aromatic carbocycles.